The fourth-order valence-corrected chi connectivity index (χ4v) is 5.26. The van der Waals surface area contributed by atoms with Gasteiger partial charge in [0.05, 0.1) is 16.8 Å². The number of H-pyrrole nitrogens is 1. The number of rotatable bonds is 6. The Labute approximate surface area is 206 Å². The Bertz CT molecular complexity index is 1430. The van der Waals surface area contributed by atoms with Crippen molar-refractivity contribution in [2.45, 2.75) is 37.2 Å². The molecule has 0 bridgehead atoms. The van der Waals surface area contributed by atoms with E-state index in [1.165, 1.54) is 16.8 Å². The normalized spacial score (nSPS) is 21.7. The van der Waals surface area contributed by atoms with E-state index in [2.05, 4.69) is 14.9 Å². The van der Waals surface area contributed by atoms with Crippen molar-refractivity contribution in [1.29, 1.82) is 0 Å². The molecule has 5 rings (SSSR count). The molecule has 3 aromatic rings. The summed E-state index contributed by atoms with van der Waals surface area (Å²) in [5.41, 5.74) is -2.92. The number of aromatic nitrogens is 3. The molecule has 2 atom stereocenters. The average Bonchev–Trinajstić information content (AvgIpc) is 3.40. The number of hydrogen-bond donors (Lipinski definition) is 1. The fraction of sp³-hybridized carbons (Fsp3) is 0.400. The largest absolute Gasteiger partial charge is 0.433 e. The molecule has 196 valence electrons. The van der Waals surface area contributed by atoms with Gasteiger partial charge in [0.2, 0.25) is 0 Å². The Kier molecular flexibility index (Phi) is 6.05. The highest BCUT2D eigenvalue weighted by atomic mass is 19.4. The molecule has 1 saturated carbocycles. The Balaban J connectivity index is 1.24. The smallest absolute Gasteiger partial charge is 0.302 e. The molecule has 0 spiro atoms. The quantitative estimate of drug-likeness (QED) is 0.489. The van der Waals surface area contributed by atoms with Crippen LogP contribution in [0, 0.1) is 5.92 Å². The van der Waals surface area contributed by atoms with E-state index < -0.39 is 34.9 Å². The van der Waals surface area contributed by atoms with Gasteiger partial charge in [-0.2, -0.15) is 26.3 Å². The van der Waals surface area contributed by atoms with Gasteiger partial charge in [-0.1, -0.05) is 18.2 Å². The molecule has 12 heteroatoms. The minimum Gasteiger partial charge on any atom is -0.302 e. The zero-order chi connectivity index (χ0) is 26.6. The van der Waals surface area contributed by atoms with Crippen LogP contribution in [0.1, 0.15) is 29.7 Å². The number of pyridine rings is 1. The predicted octanol–water partition coefficient (Wildman–Crippen LogP) is 4.30. The molecular formula is C25H22F6N4O2. The molecule has 37 heavy (non-hydrogen) atoms. The van der Waals surface area contributed by atoms with E-state index >= 15 is 0 Å². The zero-order valence-corrected chi connectivity index (χ0v) is 19.4. The van der Waals surface area contributed by atoms with Crippen molar-refractivity contribution in [3.05, 3.63) is 86.3 Å². The highest BCUT2D eigenvalue weighted by Crippen LogP contribution is 2.59. The zero-order valence-electron chi connectivity index (χ0n) is 19.4. The van der Waals surface area contributed by atoms with Crippen LogP contribution in [0.2, 0.25) is 0 Å². The lowest BCUT2D eigenvalue weighted by Gasteiger charge is -2.21. The molecule has 2 fully saturated rings. The van der Waals surface area contributed by atoms with Crippen molar-refractivity contribution in [1.82, 2.24) is 19.4 Å². The second kappa shape index (κ2) is 8.86. The molecular weight excluding hydrogens is 502 g/mol. The summed E-state index contributed by atoms with van der Waals surface area (Å²) in [5.74, 6) is 0.360. The molecule has 0 radical (unpaired) electrons. The van der Waals surface area contributed by atoms with Crippen LogP contribution in [-0.2, 0) is 24.3 Å². The third-order valence-corrected chi connectivity index (χ3v) is 7.20. The van der Waals surface area contributed by atoms with Crippen LogP contribution < -0.4 is 11.2 Å². The number of benzene rings is 1. The number of aromatic amines is 1. The van der Waals surface area contributed by atoms with E-state index in [1.807, 2.05) is 0 Å². The van der Waals surface area contributed by atoms with Crippen molar-refractivity contribution >= 4 is 0 Å². The first-order chi connectivity index (χ1) is 17.4. The Morgan fingerprint density at radius 3 is 2.38 bits per heavy atom. The number of nitrogens with zero attached hydrogens (tertiary/aromatic N) is 3. The maximum Gasteiger partial charge on any atom is 0.433 e. The van der Waals surface area contributed by atoms with Crippen LogP contribution >= 0.6 is 0 Å². The topological polar surface area (TPSA) is 71.0 Å². The summed E-state index contributed by atoms with van der Waals surface area (Å²) in [5, 5.41) is 0. The van der Waals surface area contributed by atoms with Crippen molar-refractivity contribution in [3.63, 3.8) is 0 Å². The van der Waals surface area contributed by atoms with E-state index in [-0.39, 0.29) is 23.2 Å². The highest BCUT2D eigenvalue weighted by molar-refractivity contribution is 5.56. The second-order valence-electron chi connectivity index (χ2n) is 9.62. The highest BCUT2D eigenvalue weighted by Gasteiger charge is 2.60. The molecule has 1 aliphatic heterocycles. The molecule has 1 aromatic carbocycles. The number of fused-ring (bicyclic) bond motifs is 1. The molecule has 2 aromatic heterocycles. The summed E-state index contributed by atoms with van der Waals surface area (Å²) < 4.78 is 78.9. The maximum atomic E-state index is 13.0. The number of nitrogens with one attached hydrogen (secondary N) is 1. The van der Waals surface area contributed by atoms with Gasteiger partial charge in [-0.3, -0.25) is 14.3 Å². The van der Waals surface area contributed by atoms with Gasteiger partial charge < -0.3 is 4.90 Å². The van der Waals surface area contributed by atoms with Crippen LogP contribution in [0.3, 0.4) is 0 Å². The number of likely N-dealkylation sites (tertiary alicyclic amines) is 1. The lowest BCUT2D eigenvalue weighted by Crippen LogP contribution is -2.32. The maximum absolute atomic E-state index is 13.0. The molecule has 3 heterocycles. The number of piperidine rings is 1. The Morgan fingerprint density at radius 1 is 0.973 bits per heavy atom. The first kappa shape index (κ1) is 25.2. The standard InChI is InChI=1S/C25H22F6N4O2/c26-24(27,28)16-7-5-15(6-8-16)23-11-17(23)12-34(14-23)9-2-10-35-13-18(21(36)33-22(35)37)19-3-1-4-20(32-19)25(29,30)31/h1,3-8,13,17H,2,9-12,14H2,(H,33,36,37)/t17-,23+/m0/s1. The molecule has 1 saturated heterocycles. The van der Waals surface area contributed by atoms with Crippen molar-refractivity contribution in [2.75, 3.05) is 19.6 Å². The van der Waals surface area contributed by atoms with Crippen LogP contribution in [0.4, 0.5) is 26.3 Å². The predicted molar refractivity (Wildman–Crippen MR) is 122 cm³/mol. The minimum absolute atomic E-state index is 0.144. The van der Waals surface area contributed by atoms with Gasteiger partial charge in [0.15, 0.2) is 0 Å². The van der Waals surface area contributed by atoms with Crippen molar-refractivity contribution in [2.24, 2.45) is 5.92 Å². The molecule has 1 N–H and O–H groups in total. The summed E-state index contributed by atoms with van der Waals surface area (Å²) in [7, 11) is 0. The van der Waals surface area contributed by atoms with E-state index in [0.29, 0.717) is 25.4 Å². The van der Waals surface area contributed by atoms with Gasteiger partial charge >= 0.3 is 18.0 Å². The number of hydrogen-bond acceptors (Lipinski definition) is 4. The Morgan fingerprint density at radius 2 is 1.70 bits per heavy atom. The summed E-state index contributed by atoms with van der Waals surface area (Å²) >= 11 is 0. The van der Waals surface area contributed by atoms with Crippen LogP contribution in [-0.4, -0.2) is 39.1 Å². The first-order valence-electron chi connectivity index (χ1n) is 11.7. The SMILES string of the molecule is O=c1[nH]c(=O)n(CCCN2C[C@@H]3C[C@]3(c3ccc(C(F)(F)F)cc3)C2)cc1-c1cccc(C(F)(F)F)n1. The lowest BCUT2D eigenvalue weighted by atomic mass is 9.94. The molecule has 6 nitrogen and oxygen atoms in total. The third-order valence-electron chi connectivity index (χ3n) is 7.20. The summed E-state index contributed by atoms with van der Waals surface area (Å²) in [4.78, 5) is 32.4. The molecule has 1 aliphatic carbocycles. The van der Waals surface area contributed by atoms with Crippen LogP contribution in [0.25, 0.3) is 11.3 Å². The Hall–Kier alpha value is -3.41. The molecule has 2 aliphatic rings. The van der Waals surface area contributed by atoms with Gasteiger partial charge in [-0.25, -0.2) is 9.78 Å². The average molecular weight is 524 g/mol. The van der Waals surface area contributed by atoms with Crippen molar-refractivity contribution < 1.29 is 26.3 Å². The van der Waals surface area contributed by atoms with Gasteiger partial charge in [0.1, 0.15) is 5.69 Å². The van der Waals surface area contributed by atoms with Gasteiger partial charge in [0.25, 0.3) is 5.56 Å². The molecule has 0 unspecified atom stereocenters. The second-order valence-corrected chi connectivity index (χ2v) is 9.62. The van der Waals surface area contributed by atoms with Gasteiger partial charge in [-0.05, 0) is 55.1 Å². The van der Waals surface area contributed by atoms with Gasteiger partial charge in [0, 0.05) is 31.2 Å². The summed E-state index contributed by atoms with van der Waals surface area (Å²) in [6, 6.07) is 8.54. The lowest BCUT2D eigenvalue weighted by molar-refractivity contribution is -0.141. The van der Waals surface area contributed by atoms with Crippen LogP contribution in [0.15, 0.2) is 58.3 Å². The molecule has 0 amide bonds. The first-order valence-corrected chi connectivity index (χ1v) is 11.7. The number of alkyl halides is 6. The van der Waals surface area contributed by atoms with Crippen LogP contribution in [0.5, 0.6) is 0 Å². The fourth-order valence-electron chi connectivity index (χ4n) is 5.26. The van der Waals surface area contributed by atoms with E-state index in [9.17, 15) is 35.9 Å². The summed E-state index contributed by atoms with van der Waals surface area (Å²) in [6.45, 7) is 2.32. The van der Waals surface area contributed by atoms with E-state index in [0.717, 1.165) is 42.8 Å². The van der Waals surface area contributed by atoms with Crippen molar-refractivity contribution in [3.8, 4) is 11.3 Å². The minimum atomic E-state index is -4.68. The monoisotopic (exact) mass is 524 g/mol. The van der Waals surface area contributed by atoms with E-state index in [4.69, 9.17) is 0 Å². The number of aryl methyl sites for hydroxylation is 1. The van der Waals surface area contributed by atoms with Gasteiger partial charge in [-0.15, -0.1) is 0 Å². The third kappa shape index (κ3) is 4.94. The van der Waals surface area contributed by atoms with E-state index in [1.54, 1.807) is 12.1 Å². The number of halogens is 6. The summed E-state index contributed by atoms with van der Waals surface area (Å²) in [6.07, 6.45) is -6.39.